The highest BCUT2D eigenvalue weighted by Gasteiger charge is 2.54. The molecular weight excluding hydrogens is 505 g/mol. The minimum absolute atomic E-state index is 0.367. The number of nitrogens with zero attached hydrogens (tertiary/aromatic N) is 2. The Morgan fingerprint density at radius 2 is 1.82 bits per heavy atom. The molecule has 0 saturated heterocycles. The van der Waals surface area contributed by atoms with Crippen LogP contribution in [-0.4, -0.2) is 20.6 Å². The summed E-state index contributed by atoms with van der Waals surface area (Å²) in [6.45, 7) is -3.95. The van der Waals surface area contributed by atoms with Crippen LogP contribution in [0.1, 0.15) is 10.6 Å². The molecule has 2 aliphatic heterocycles. The van der Waals surface area contributed by atoms with E-state index in [0.29, 0.717) is 20.6 Å². The lowest BCUT2D eigenvalue weighted by molar-refractivity contribution is -0.358. The number of hydrogen-bond donors (Lipinski definition) is 0. The predicted octanol–water partition coefficient (Wildman–Crippen LogP) is 5.45. The van der Waals surface area contributed by atoms with Crippen molar-refractivity contribution in [3.63, 3.8) is 0 Å². The quantitative estimate of drug-likeness (QED) is 0.451. The first kappa shape index (κ1) is 15.0. The number of rotatable bonds is 1. The van der Waals surface area contributed by atoms with Crippen LogP contribution in [-0.2, 0) is 0 Å². The molecule has 0 amide bonds. The van der Waals surface area contributed by atoms with Crippen molar-refractivity contribution in [2.24, 2.45) is 0 Å². The third kappa shape index (κ3) is 1.95. The van der Waals surface area contributed by atoms with Crippen molar-refractivity contribution in [2.45, 2.75) is 0 Å². The summed E-state index contributed by atoms with van der Waals surface area (Å²) >= 11 is 11.5. The van der Waals surface area contributed by atoms with Gasteiger partial charge in [-0.05, 0) is 56.1 Å². The summed E-state index contributed by atoms with van der Waals surface area (Å²) in [7, 11) is 0. The molecule has 22 heavy (non-hydrogen) atoms. The van der Waals surface area contributed by atoms with Gasteiger partial charge in [0.2, 0.25) is 4.62 Å². The zero-order valence-corrected chi connectivity index (χ0v) is 16.3. The van der Waals surface area contributed by atoms with E-state index in [0.717, 1.165) is 23.2 Å². The number of halogens is 5. The second-order valence-electron chi connectivity index (χ2n) is 4.89. The molecule has 0 N–H and O–H groups in total. The fourth-order valence-corrected chi connectivity index (χ4v) is 5.42. The van der Waals surface area contributed by atoms with E-state index in [1.807, 2.05) is 12.1 Å². The summed E-state index contributed by atoms with van der Waals surface area (Å²) in [5.74, 6) is 0. The summed E-state index contributed by atoms with van der Waals surface area (Å²) in [5.41, 5.74) is 1.84. The molecule has 4 rings (SSSR count). The minimum atomic E-state index is -3.95. The molecule has 2 aliphatic rings. The Kier molecular flexibility index (Phi) is 3.42. The van der Waals surface area contributed by atoms with Crippen molar-refractivity contribution in [3.05, 3.63) is 61.1 Å². The van der Waals surface area contributed by atoms with E-state index in [1.165, 1.54) is 11.3 Å². The Bertz CT molecular complexity index is 910. The van der Waals surface area contributed by atoms with Crippen molar-refractivity contribution in [1.29, 1.82) is 0 Å². The summed E-state index contributed by atoms with van der Waals surface area (Å²) in [6, 6.07) is 7.26. The largest absolute Gasteiger partial charge is 0.738 e. The van der Waals surface area contributed by atoms with Gasteiger partial charge >= 0.3 is 6.97 Å². The fourth-order valence-electron chi connectivity index (χ4n) is 2.83. The van der Waals surface area contributed by atoms with Gasteiger partial charge in [0.1, 0.15) is 0 Å². The standard InChI is InChI=1S/C13H6BBr3F2N2S/c15-10-4-1-7-13(9-3-6-12(17)22-9)8-2-5-11(16)21(8)14(18,19)20(7)10/h1-6H. The lowest BCUT2D eigenvalue weighted by atomic mass is 9.88. The highest BCUT2D eigenvalue weighted by molar-refractivity contribution is 9.18. The Labute approximate surface area is 154 Å². The Hall–Kier alpha value is -0.505. The molecule has 0 aliphatic carbocycles. The first-order valence-corrected chi connectivity index (χ1v) is 9.50. The smallest absolute Gasteiger partial charge is 0.389 e. The molecule has 0 atom stereocenters. The zero-order valence-electron chi connectivity index (χ0n) is 10.7. The number of hydrogen-bond acceptors (Lipinski definition) is 1. The van der Waals surface area contributed by atoms with Crippen LogP contribution in [0, 0.1) is 0 Å². The SMILES string of the molecule is F[B-]1(F)n2c(Br)ccc2C(c2ccc(Br)s2)=C2C=CC(Br)=[N+]21. The van der Waals surface area contributed by atoms with E-state index in [1.54, 1.807) is 24.3 Å². The van der Waals surface area contributed by atoms with E-state index >= 15 is 0 Å². The van der Waals surface area contributed by atoms with Crippen LogP contribution in [0.2, 0.25) is 0 Å². The van der Waals surface area contributed by atoms with Gasteiger partial charge in [0.05, 0.1) is 14.0 Å². The molecule has 0 radical (unpaired) electrons. The molecule has 0 unspecified atom stereocenters. The predicted molar refractivity (Wildman–Crippen MR) is 96.9 cm³/mol. The van der Waals surface area contributed by atoms with Crippen molar-refractivity contribution in [2.75, 3.05) is 0 Å². The highest BCUT2D eigenvalue weighted by atomic mass is 79.9. The van der Waals surface area contributed by atoms with Crippen molar-refractivity contribution in [1.82, 2.24) is 4.48 Å². The highest BCUT2D eigenvalue weighted by Crippen LogP contribution is 2.44. The van der Waals surface area contributed by atoms with Crippen LogP contribution in [0.4, 0.5) is 8.63 Å². The van der Waals surface area contributed by atoms with Crippen LogP contribution in [0.5, 0.6) is 0 Å². The van der Waals surface area contributed by atoms with Crippen molar-refractivity contribution >= 4 is 76.3 Å². The van der Waals surface area contributed by atoms with Gasteiger partial charge in [-0.15, -0.1) is 11.3 Å². The van der Waals surface area contributed by atoms with Gasteiger partial charge in [-0.2, -0.15) is 0 Å². The lowest BCUT2D eigenvalue weighted by Gasteiger charge is -2.31. The molecule has 0 saturated carbocycles. The molecule has 0 bridgehead atoms. The number of thiophene rings is 1. The molecular formula is C13H6BBr3F2N2S. The van der Waals surface area contributed by atoms with E-state index in [2.05, 4.69) is 47.8 Å². The molecule has 0 aromatic carbocycles. The molecule has 2 aromatic rings. The minimum Gasteiger partial charge on any atom is -0.389 e. The van der Waals surface area contributed by atoms with Crippen LogP contribution >= 0.6 is 59.1 Å². The maximum absolute atomic E-state index is 15.0. The Balaban J connectivity index is 2.12. The van der Waals surface area contributed by atoms with Gasteiger partial charge in [0.25, 0.3) is 0 Å². The zero-order chi connectivity index (χ0) is 15.6. The number of aromatic nitrogens is 1. The molecule has 2 nitrogen and oxygen atoms in total. The molecule has 9 heteroatoms. The Morgan fingerprint density at radius 1 is 1.05 bits per heavy atom. The van der Waals surface area contributed by atoms with Gasteiger partial charge in [-0.3, -0.25) is 0 Å². The van der Waals surface area contributed by atoms with Crippen LogP contribution in [0.25, 0.3) is 5.57 Å². The van der Waals surface area contributed by atoms with Gasteiger partial charge in [-0.1, -0.05) is 0 Å². The summed E-state index contributed by atoms with van der Waals surface area (Å²) < 4.78 is 33.8. The monoisotopic (exact) mass is 508 g/mol. The van der Waals surface area contributed by atoms with Crippen LogP contribution in [0.15, 0.2) is 50.5 Å². The summed E-state index contributed by atoms with van der Waals surface area (Å²) in [5, 5.41) is 0. The first-order valence-electron chi connectivity index (χ1n) is 6.30. The van der Waals surface area contributed by atoms with E-state index in [9.17, 15) is 8.63 Å². The topological polar surface area (TPSA) is 7.94 Å². The fraction of sp³-hybridized carbons (Fsp3) is 0. The second kappa shape index (κ2) is 4.99. The molecule has 2 aromatic heterocycles. The van der Waals surface area contributed by atoms with E-state index in [-0.39, 0.29) is 0 Å². The van der Waals surface area contributed by atoms with E-state index < -0.39 is 6.97 Å². The second-order valence-corrected chi connectivity index (χ2v) is 8.98. The normalized spacial score (nSPS) is 19.0. The molecule has 0 fully saturated rings. The van der Waals surface area contributed by atoms with Crippen LogP contribution < -0.4 is 0 Å². The average Bonchev–Trinajstić information content (AvgIpc) is 3.12. The van der Waals surface area contributed by atoms with Crippen molar-refractivity contribution < 1.29 is 13.1 Å². The molecule has 4 heterocycles. The van der Waals surface area contributed by atoms with E-state index in [4.69, 9.17) is 0 Å². The first-order chi connectivity index (χ1) is 10.4. The van der Waals surface area contributed by atoms with Gasteiger partial charge in [0, 0.05) is 38.7 Å². The van der Waals surface area contributed by atoms with Crippen LogP contribution in [0.3, 0.4) is 0 Å². The van der Waals surface area contributed by atoms with Gasteiger partial charge in [-0.25, -0.2) is 0 Å². The summed E-state index contributed by atoms with van der Waals surface area (Å²) in [4.78, 5) is 0.942. The maximum Gasteiger partial charge on any atom is 0.738 e. The lowest BCUT2D eigenvalue weighted by Crippen LogP contribution is -2.50. The van der Waals surface area contributed by atoms with Crippen molar-refractivity contribution in [3.8, 4) is 0 Å². The average molecular weight is 511 g/mol. The Morgan fingerprint density at radius 3 is 2.50 bits per heavy atom. The molecule has 0 spiro atoms. The summed E-state index contributed by atoms with van der Waals surface area (Å²) in [6.07, 6.45) is 3.39. The maximum atomic E-state index is 15.0. The number of allylic oxidation sites excluding steroid dienone is 2. The number of fused-ring (bicyclic) bond motifs is 2. The molecule has 112 valence electrons. The third-order valence-electron chi connectivity index (χ3n) is 3.69. The van der Waals surface area contributed by atoms with Gasteiger partial charge < -0.3 is 17.6 Å². The van der Waals surface area contributed by atoms with Gasteiger partial charge in [0.15, 0.2) is 5.70 Å². The third-order valence-corrected chi connectivity index (χ3v) is 6.62.